The van der Waals surface area contributed by atoms with Crippen LogP contribution in [0, 0.1) is 0 Å². The van der Waals surface area contributed by atoms with Gasteiger partial charge in [0.15, 0.2) is 0 Å². The Morgan fingerprint density at radius 2 is 2.25 bits per heavy atom. The van der Waals surface area contributed by atoms with Crippen LogP contribution in [-0.2, 0) is 6.42 Å². The molecule has 6 heteroatoms. The smallest absolute Gasteiger partial charge is 0.0732 e. The summed E-state index contributed by atoms with van der Waals surface area (Å²) in [6, 6.07) is 6.23. The van der Waals surface area contributed by atoms with Gasteiger partial charge in [-0.3, -0.25) is 20.9 Å². The molecule has 0 saturated heterocycles. The van der Waals surface area contributed by atoms with Crippen LogP contribution in [0.15, 0.2) is 35.1 Å². The van der Waals surface area contributed by atoms with Crippen molar-refractivity contribution < 1.29 is 0 Å². The molecule has 108 valence electrons. The summed E-state index contributed by atoms with van der Waals surface area (Å²) >= 11 is 3.51. The fourth-order valence-corrected chi connectivity index (χ4v) is 2.55. The Kier molecular flexibility index (Phi) is 5.28. The first-order valence-corrected chi connectivity index (χ1v) is 7.55. The second-order valence-electron chi connectivity index (χ2n) is 4.84. The zero-order valence-corrected chi connectivity index (χ0v) is 13.3. The van der Waals surface area contributed by atoms with Gasteiger partial charge in [0.05, 0.1) is 17.4 Å². The minimum Gasteiger partial charge on any atom is -0.271 e. The number of halogens is 1. The lowest BCUT2D eigenvalue weighted by molar-refractivity contribution is 0.465. The Labute approximate surface area is 127 Å². The summed E-state index contributed by atoms with van der Waals surface area (Å²) in [5, 5.41) is 4.60. The van der Waals surface area contributed by atoms with Crippen molar-refractivity contribution in [3.63, 3.8) is 0 Å². The molecule has 2 aromatic heterocycles. The summed E-state index contributed by atoms with van der Waals surface area (Å²) in [5.74, 6) is 5.67. The molecule has 0 saturated carbocycles. The predicted molar refractivity (Wildman–Crippen MR) is 82.9 cm³/mol. The van der Waals surface area contributed by atoms with Gasteiger partial charge < -0.3 is 0 Å². The Hall–Kier alpha value is -1.24. The second-order valence-corrected chi connectivity index (χ2v) is 5.69. The van der Waals surface area contributed by atoms with E-state index in [1.807, 2.05) is 29.1 Å². The van der Waals surface area contributed by atoms with E-state index in [1.54, 1.807) is 6.20 Å². The molecule has 2 atom stereocenters. The van der Waals surface area contributed by atoms with E-state index in [1.165, 1.54) is 0 Å². The average molecular weight is 338 g/mol. The molecule has 0 aliphatic heterocycles. The molecule has 0 aliphatic carbocycles. The molecule has 0 radical (unpaired) electrons. The first kappa shape index (κ1) is 15.2. The number of hydrazine groups is 1. The Morgan fingerprint density at radius 1 is 1.45 bits per heavy atom. The van der Waals surface area contributed by atoms with Crippen LogP contribution >= 0.6 is 15.9 Å². The van der Waals surface area contributed by atoms with Crippen molar-refractivity contribution in [2.24, 2.45) is 5.84 Å². The fraction of sp³-hybridized carbons (Fsp3) is 0.429. The minimum atomic E-state index is -0.0640. The lowest BCUT2D eigenvalue weighted by Crippen LogP contribution is -2.30. The largest absolute Gasteiger partial charge is 0.271 e. The third-order valence-electron chi connectivity index (χ3n) is 3.44. The van der Waals surface area contributed by atoms with Crippen molar-refractivity contribution in [1.29, 1.82) is 0 Å². The molecular formula is C14H20BrN5. The van der Waals surface area contributed by atoms with Crippen LogP contribution in [0.3, 0.4) is 0 Å². The third-order valence-corrected chi connectivity index (χ3v) is 4.11. The highest BCUT2D eigenvalue weighted by atomic mass is 79.9. The highest BCUT2D eigenvalue weighted by Crippen LogP contribution is 2.23. The number of nitrogens with zero attached hydrogens (tertiary/aromatic N) is 3. The Bertz CT molecular complexity index is 554. The molecule has 2 rings (SSSR count). The normalized spacial score (nSPS) is 14.2. The molecule has 20 heavy (non-hydrogen) atoms. The van der Waals surface area contributed by atoms with Crippen molar-refractivity contribution in [3.8, 4) is 0 Å². The molecule has 2 unspecified atom stereocenters. The monoisotopic (exact) mass is 337 g/mol. The van der Waals surface area contributed by atoms with E-state index in [2.05, 4.69) is 45.3 Å². The van der Waals surface area contributed by atoms with Gasteiger partial charge >= 0.3 is 0 Å². The first-order valence-electron chi connectivity index (χ1n) is 6.76. The van der Waals surface area contributed by atoms with Crippen molar-refractivity contribution >= 4 is 15.9 Å². The molecule has 0 fully saturated rings. The molecule has 2 aromatic rings. The van der Waals surface area contributed by atoms with Crippen LogP contribution in [0.1, 0.15) is 43.7 Å². The van der Waals surface area contributed by atoms with Crippen LogP contribution in [0.5, 0.6) is 0 Å². The lowest BCUT2D eigenvalue weighted by atomic mass is 10.1. The van der Waals surface area contributed by atoms with Crippen molar-refractivity contribution in [2.45, 2.75) is 38.8 Å². The van der Waals surface area contributed by atoms with Gasteiger partial charge in [0.2, 0.25) is 0 Å². The quantitative estimate of drug-likeness (QED) is 0.628. The Morgan fingerprint density at radius 3 is 2.90 bits per heavy atom. The first-order chi connectivity index (χ1) is 9.65. The molecule has 0 bridgehead atoms. The third kappa shape index (κ3) is 3.45. The summed E-state index contributed by atoms with van der Waals surface area (Å²) in [4.78, 5) is 4.38. The topological polar surface area (TPSA) is 68.8 Å². The number of aromatic nitrogens is 3. The van der Waals surface area contributed by atoms with E-state index < -0.39 is 0 Å². The van der Waals surface area contributed by atoms with E-state index in [0.717, 1.165) is 22.3 Å². The summed E-state index contributed by atoms with van der Waals surface area (Å²) < 4.78 is 2.94. The van der Waals surface area contributed by atoms with Gasteiger partial charge in [0, 0.05) is 29.3 Å². The zero-order valence-electron chi connectivity index (χ0n) is 11.8. The molecule has 0 spiro atoms. The zero-order chi connectivity index (χ0) is 14.5. The van der Waals surface area contributed by atoms with E-state index in [9.17, 15) is 0 Å². The highest BCUT2D eigenvalue weighted by Gasteiger charge is 2.16. The number of hydrogen-bond acceptors (Lipinski definition) is 4. The van der Waals surface area contributed by atoms with Gasteiger partial charge in [-0.05, 0) is 47.5 Å². The molecule has 0 amide bonds. The highest BCUT2D eigenvalue weighted by molar-refractivity contribution is 9.10. The molecule has 0 aromatic carbocycles. The number of pyridine rings is 1. The van der Waals surface area contributed by atoms with Crippen molar-refractivity contribution in [3.05, 3.63) is 46.5 Å². The molecule has 0 aliphatic rings. The van der Waals surface area contributed by atoms with Gasteiger partial charge in [-0.15, -0.1) is 0 Å². The number of nitrogens with two attached hydrogens (primary N) is 1. The van der Waals surface area contributed by atoms with Crippen LogP contribution in [0.25, 0.3) is 0 Å². The van der Waals surface area contributed by atoms with Crippen LogP contribution in [0.2, 0.25) is 0 Å². The van der Waals surface area contributed by atoms with Crippen molar-refractivity contribution in [1.82, 2.24) is 20.2 Å². The second kappa shape index (κ2) is 6.97. The summed E-state index contributed by atoms with van der Waals surface area (Å²) in [7, 11) is 0. The van der Waals surface area contributed by atoms with Crippen LogP contribution in [0.4, 0.5) is 0 Å². The van der Waals surface area contributed by atoms with Crippen LogP contribution < -0.4 is 11.3 Å². The minimum absolute atomic E-state index is 0.0640. The van der Waals surface area contributed by atoms with Gasteiger partial charge in [0.1, 0.15) is 0 Å². The van der Waals surface area contributed by atoms with Gasteiger partial charge in [-0.2, -0.15) is 5.10 Å². The van der Waals surface area contributed by atoms with Gasteiger partial charge in [-0.25, -0.2) is 0 Å². The average Bonchev–Trinajstić information content (AvgIpc) is 2.93. The van der Waals surface area contributed by atoms with Gasteiger partial charge in [0.25, 0.3) is 0 Å². The maximum atomic E-state index is 5.67. The molecule has 3 N–H and O–H groups in total. The molecule has 2 heterocycles. The Balaban J connectivity index is 2.15. The number of rotatable bonds is 6. The summed E-state index contributed by atoms with van der Waals surface area (Å²) in [6.07, 6.45) is 5.55. The van der Waals surface area contributed by atoms with Gasteiger partial charge in [-0.1, -0.05) is 6.92 Å². The maximum absolute atomic E-state index is 5.67. The lowest BCUT2D eigenvalue weighted by Gasteiger charge is -2.15. The predicted octanol–water partition coefficient (Wildman–Crippen LogP) is 2.76. The van der Waals surface area contributed by atoms with E-state index in [4.69, 9.17) is 5.84 Å². The molecule has 5 nitrogen and oxygen atoms in total. The maximum Gasteiger partial charge on any atom is 0.0732 e. The number of hydrogen-bond donors (Lipinski definition) is 2. The summed E-state index contributed by atoms with van der Waals surface area (Å²) in [6.45, 7) is 4.31. The summed E-state index contributed by atoms with van der Waals surface area (Å²) in [5.41, 5.74) is 4.72. The van der Waals surface area contributed by atoms with E-state index in [-0.39, 0.29) is 6.04 Å². The fourth-order valence-electron chi connectivity index (χ4n) is 2.02. The van der Waals surface area contributed by atoms with Crippen molar-refractivity contribution in [2.75, 3.05) is 0 Å². The number of nitrogens with one attached hydrogen (secondary N) is 1. The molecular weight excluding hydrogens is 318 g/mol. The van der Waals surface area contributed by atoms with E-state index in [0.29, 0.717) is 12.5 Å². The standard InChI is InChI=1S/C14H20BrN5/c1-3-10(2)20-8-6-11(19-20)9-13(18-16)14-12(15)5-4-7-17-14/h4-8,10,13,18H,3,9,16H2,1-2H3. The SMILES string of the molecule is CCC(C)n1ccc(CC(NN)c2ncccc2Br)n1. The van der Waals surface area contributed by atoms with E-state index >= 15 is 0 Å². The van der Waals surface area contributed by atoms with Crippen LogP contribution in [-0.4, -0.2) is 14.8 Å².